The molecular formula is C16H16N4OS. The number of rotatable bonds is 5. The predicted octanol–water partition coefficient (Wildman–Crippen LogP) is 2.43. The van der Waals surface area contributed by atoms with Crippen LogP contribution >= 0.6 is 11.3 Å². The van der Waals surface area contributed by atoms with Crippen LogP contribution < -0.4 is 16.8 Å². The van der Waals surface area contributed by atoms with E-state index in [2.05, 4.69) is 10.3 Å². The molecule has 0 aliphatic heterocycles. The van der Waals surface area contributed by atoms with Gasteiger partial charge in [-0.15, -0.1) is 11.3 Å². The molecule has 2 aromatic heterocycles. The molecule has 0 unspecified atom stereocenters. The second-order valence-electron chi connectivity index (χ2n) is 4.82. The van der Waals surface area contributed by atoms with Crippen molar-refractivity contribution >= 4 is 33.1 Å². The standard InChI is InChI=1S/C16H16N4OS/c17-6-7-19-16-11-8-13(10-4-2-1-3-5-10)22-14(11)12(9-20-16)15(18)21/h1-5,8-9H,6-7,17H2,(H2,18,21)(H,19,20). The van der Waals surface area contributed by atoms with Gasteiger partial charge in [-0.1, -0.05) is 30.3 Å². The van der Waals surface area contributed by atoms with Crippen LogP contribution in [0.1, 0.15) is 10.4 Å². The number of nitrogens with one attached hydrogen (secondary N) is 1. The van der Waals surface area contributed by atoms with E-state index in [1.54, 1.807) is 11.3 Å². The summed E-state index contributed by atoms with van der Waals surface area (Å²) in [5.74, 6) is 0.258. The van der Waals surface area contributed by atoms with Crippen LogP contribution in [0.5, 0.6) is 0 Å². The molecule has 112 valence electrons. The number of anilines is 1. The fourth-order valence-corrected chi connectivity index (χ4v) is 3.46. The van der Waals surface area contributed by atoms with E-state index in [0.717, 1.165) is 26.3 Å². The van der Waals surface area contributed by atoms with Crippen molar-refractivity contribution in [3.8, 4) is 10.4 Å². The summed E-state index contributed by atoms with van der Waals surface area (Å²) in [6.45, 7) is 1.13. The highest BCUT2D eigenvalue weighted by Gasteiger charge is 2.15. The Hall–Kier alpha value is -2.44. The molecule has 0 fully saturated rings. The molecule has 6 heteroatoms. The monoisotopic (exact) mass is 312 g/mol. The number of carbonyl (C=O) groups is 1. The Bertz CT molecular complexity index is 814. The van der Waals surface area contributed by atoms with Crippen LogP contribution in [0.4, 0.5) is 5.82 Å². The number of fused-ring (bicyclic) bond motifs is 1. The molecule has 2 heterocycles. The minimum Gasteiger partial charge on any atom is -0.368 e. The van der Waals surface area contributed by atoms with E-state index in [9.17, 15) is 4.79 Å². The largest absolute Gasteiger partial charge is 0.368 e. The molecule has 0 aliphatic carbocycles. The van der Waals surface area contributed by atoms with Crippen LogP contribution in [0.3, 0.4) is 0 Å². The molecule has 3 aromatic rings. The molecule has 1 aromatic carbocycles. The molecule has 0 atom stereocenters. The maximum atomic E-state index is 11.6. The molecule has 0 spiro atoms. The van der Waals surface area contributed by atoms with Gasteiger partial charge in [-0.3, -0.25) is 4.79 Å². The summed E-state index contributed by atoms with van der Waals surface area (Å²) in [6.07, 6.45) is 1.52. The summed E-state index contributed by atoms with van der Waals surface area (Å²) in [5.41, 5.74) is 12.5. The summed E-state index contributed by atoms with van der Waals surface area (Å²) in [4.78, 5) is 17.0. The average molecular weight is 312 g/mol. The topological polar surface area (TPSA) is 94.0 Å². The maximum absolute atomic E-state index is 11.6. The number of nitrogens with zero attached hydrogens (tertiary/aromatic N) is 1. The van der Waals surface area contributed by atoms with Crippen LogP contribution in [0.15, 0.2) is 42.6 Å². The molecule has 22 heavy (non-hydrogen) atoms. The Morgan fingerprint density at radius 3 is 2.73 bits per heavy atom. The molecule has 5 N–H and O–H groups in total. The van der Waals surface area contributed by atoms with Crippen molar-refractivity contribution in [1.29, 1.82) is 0 Å². The van der Waals surface area contributed by atoms with Gasteiger partial charge in [0, 0.05) is 29.5 Å². The highest BCUT2D eigenvalue weighted by atomic mass is 32.1. The third-order valence-electron chi connectivity index (χ3n) is 3.32. The number of pyridine rings is 1. The minimum absolute atomic E-state index is 0.445. The van der Waals surface area contributed by atoms with Crippen LogP contribution in [0.25, 0.3) is 20.5 Å². The number of hydrogen-bond acceptors (Lipinski definition) is 5. The van der Waals surface area contributed by atoms with Crippen molar-refractivity contribution < 1.29 is 4.79 Å². The van der Waals surface area contributed by atoms with Gasteiger partial charge in [0.2, 0.25) is 0 Å². The van der Waals surface area contributed by atoms with E-state index in [-0.39, 0.29) is 0 Å². The van der Waals surface area contributed by atoms with Gasteiger partial charge < -0.3 is 16.8 Å². The van der Waals surface area contributed by atoms with Crippen molar-refractivity contribution in [3.63, 3.8) is 0 Å². The first-order valence-corrected chi connectivity index (χ1v) is 7.74. The second-order valence-corrected chi connectivity index (χ2v) is 5.87. The quantitative estimate of drug-likeness (QED) is 0.674. The molecule has 0 aliphatic rings. The first-order valence-electron chi connectivity index (χ1n) is 6.92. The normalized spacial score (nSPS) is 10.8. The third kappa shape index (κ3) is 2.66. The lowest BCUT2D eigenvalue weighted by Gasteiger charge is -2.06. The van der Waals surface area contributed by atoms with Crippen LogP contribution in [-0.4, -0.2) is 24.0 Å². The minimum atomic E-state index is -0.468. The van der Waals surface area contributed by atoms with Gasteiger partial charge in [-0.05, 0) is 11.6 Å². The summed E-state index contributed by atoms with van der Waals surface area (Å²) in [6, 6.07) is 12.1. The molecule has 0 saturated carbocycles. The Labute approximate surface area is 132 Å². The third-order valence-corrected chi connectivity index (χ3v) is 4.53. The fraction of sp³-hybridized carbons (Fsp3) is 0.125. The number of nitrogens with two attached hydrogens (primary N) is 2. The summed E-state index contributed by atoms with van der Waals surface area (Å²) in [7, 11) is 0. The van der Waals surface area contributed by atoms with E-state index >= 15 is 0 Å². The van der Waals surface area contributed by atoms with Gasteiger partial charge >= 0.3 is 0 Å². The maximum Gasteiger partial charge on any atom is 0.251 e. The summed E-state index contributed by atoms with van der Waals surface area (Å²) >= 11 is 1.54. The Kier molecular flexibility index (Phi) is 4.04. The van der Waals surface area contributed by atoms with E-state index < -0.39 is 5.91 Å². The lowest BCUT2D eigenvalue weighted by Crippen LogP contribution is -2.15. The first kappa shape index (κ1) is 14.5. The molecule has 0 saturated heterocycles. The Morgan fingerprint density at radius 1 is 1.27 bits per heavy atom. The molecular weight excluding hydrogens is 296 g/mol. The van der Waals surface area contributed by atoms with Gasteiger partial charge in [0.05, 0.1) is 10.3 Å². The number of amides is 1. The molecule has 0 bridgehead atoms. The Morgan fingerprint density at radius 2 is 2.05 bits per heavy atom. The number of benzene rings is 1. The summed E-state index contributed by atoms with van der Waals surface area (Å²) in [5, 5.41) is 4.08. The zero-order valence-electron chi connectivity index (χ0n) is 11.9. The summed E-state index contributed by atoms with van der Waals surface area (Å²) < 4.78 is 0.848. The van der Waals surface area contributed by atoms with Crippen molar-refractivity contribution in [2.45, 2.75) is 0 Å². The molecule has 1 amide bonds. The van der Waals surface area contributed by atoms with Crippen LogP contribution in [0.2, 0.25) is 0 Å². The van der Waals surface area contributed by atoms with Crippen LogP contribution in [-0.2, 0) is 0 Å². The van der Waals surface area contributed by atoms with Crippen molar-refractivity contribution in [2.24, 2.45) is 11.5 Å². The Balaban J connectivity index is 2.18. The molecule has 3 rings (SSSR count). The van der Waals surface area contributed by atoms with E-state index in [1.165, 1.54) is 6.20 Å². The number of hydrogen-bond donors (Lipinski definition) is 3. The highest BCUT2D eigenvalue weighted by molar-refractivity contribution is 7.22. The average Bonchev–Trinajstić information content (AvgIpc) is 2.98. The van der Waals surface area contributed by atoms with Gasteiger partial charge in [0.25, 0.3) is 5.91 Å². The van der Waals surface area contributed by atoms with Crippen LogP contribution in [0, 0.1) is 0 Å². The van der Waals surface area contributed by atoms with Gasteiger partial charge in [-0.25, -0.2) is 4.98 Å². The van der Waals surface area contributed by atoms with Crippen molar-refractivity contribution in [2.75, 3.05) is 18.4 Å². The SMILES string of the molecule is NCCNc1ncc(C(N)=O)c2sc(-c3ccccc3)cc12. The lowest BCUT2D eigenvalue weighted by atomic mass is 10.1. The van der Waals surface area contributed by atoms with Gasteiger partial charge in [0.15, 0.2) is 0 Å². The molecule has 0 radical (unpaired) electrons. The lowest BCUT2D eigenvalue weighted by molar-refractivity contribution is 0.100. The van der Waals surface area contributed by atoms with Crippen molar-refractivity contribution in [1.82, 2.24) is 4.98 Å². The number of carbonyl (C=O) groups excluding carboxylic acids is 1. The predicted molar refractivity (Wildman–Crippen MR) is 91.1 cm³/mol. The highest BCUT2D eigenvalue weighted by Crippen LogP contribution is 2.37. The van der Waals surface area contributed by atoms with E-state index in [1.807, 2.05) is 36.4 Å². The smallest absolute Gasteiger partial charge is 0.251 e. The van der Waals surface area contributed by atoms with Crippen molar-refractivity contribution in [3.05, 3.63) is 48.2 Å². The van der Waals surface area contributed by atoms with E-state index in [4.69, 9.17) is 11.5 Å². The first-order chi connectivity index (χ1) is 10.7. The molecule has 5 nitrogen and oxygen atoms in total. The fourth-order valence-electron chi connectivity index (χ4n) is 2.28. The second kappa shape index (κ2) is 6.13. The zero-order chi connectivity index (χ0) is 15.5. The van der Waals surface area contributed by atoms with E-state index in [0.29, 0.717) is 18.7 Å². The number of primary amides is 1. The zero-order valence-corrected chi connectivity index (χ0v) is 12.7. The number of thiophene rings is 1. The number of aromatic nitrogens is 1. The van der Waals surface area contributed by atoms with Gasteiger partial charge in [0.1, 0.15) is 5.82 Å². The van der Waals surface area contributed by atoms with Gasteiger partial charge in [-0.2, -0.15) is 0 Å².